The summed E-state index contributed by atoms with van der Waals surface area (Å²) in [5, 5.41) is 3.18. The minimum Gasteiger partial charge on any atom is -0.385 e. The van der Waals surface area contributed by atoms with E-state index in [1.54, 1.807) is 6.07 Å². The molecule has 0 radical (unpaired) electrons. The molecule has 2 rings (SSSR count). The van der Waals surface area contributed by atoms with E-state index in [0.29, 0.717) is 16.7 Å². The predicted octanol–water partition coefficient (Wildman–Crippen LogP) is 7.17. The van der Waals surface area contributed by atoms with Gasteiger partial charge in [-0.15, -0.1) is 0 Å². The Bertz CT molecular complexity index is 693. The molecule has 1 aliphatic heterocycles. The SMILES string of the molecule is C=C(NCCC)c1ccc(CCCCC2CCN(C(=C)CC(C)(C)C)CC2)cc1F. The molecule has 30 heavy (non-hydrogen) atoms. The lowest BCUT2D eigenvalue weighted by molar-refractivity contribution is 0.199. The molecule has 0 aromatic heterocycles. The van der Waals surface area contributed by atoms with E-state index in [-0.39, 0.29) is 5.82 Å². The molecular weight excluding hydrogens is 371 g/mol. The number of hydrogen-bond donors (Lipinski definition) is 1. The van der Waals surface area contributed by atoms with Crippen LogP contribution in [0, 0.1) is 17.2 Å². The van der Waals surface area contributed by atoms with Crippen LogP contribution in [0.25, 0.3) is 5.70 Å². The highest BCUT2D eigenvalue weighted by Gasteiger charge is 2.22. The minimum atomic E-state index is -0.163. The van der Waals surface area contributed by atoms with Gasteiger partial charge in [0.05, 0.1) is 0 Å². The van der Waals surface area contributed by atoms with Gasteiger partial charge in [-0.1, -0.05) is 59.8 Å². The number of aryl methyl sites for hydroxylation is 1. The van der Waals surface area contributed by atoms with Crippen LogP contribution < -0.4 is 5.32 Å². The van der Waals surface area contributed by atoms with Gasteiger partial charge in [0.2, 0.25) is 0 Å². The number of piperidine rings is 1. The van der Waals surface area contributed by atoms with Crippen LogP contribution in [0.2, 0.25) is 0 Å². The zero-order valence-electron chi connectivity index (χ0n) is 19.8. The zero-order chi connectivity index (χ0) is 22.1. The quantitative estimate of drug-likeness (QED) is 0.386. The van der Waals surface area contributed by atoms with Gasteiger partial charge in [0.15, 0.2) is 0 Å². The Hall–Kier alpha value is -1.77. The first-order chi connectivity index (χ1) is 14.2. The Morgan fingerprint density at radius 2 is 1.87 bits per heavy atom. The van der Waals surface area contributed by atoms with Crippen LogP contribution in [0.5, 0.6) is 0 Å². The fourth-order valence-corrected chi connectivity index (χ4v) is 4.35. The number of halogens is 1. The summed E-state index contributed by atoms with van der Waals surface area (Å²) < 4.78 is 14.4. The van der Waals surface area contributed by atoms with E-state index in [2.05, 4.69) is 57.1 Å². The normalized spacial score (nSPS) is 15.3. The summed E-state index contributed by atoms with van der Waals surface area (Å²) in [6.45, 7) is 20.3. The number of allylic oxidation sites excluding steroid dienone is 1. The number of rotatable bonds is 11. The molecule has 1 heterocycles. The molecule has 0 bridgehead atoms. The number of unbranched alkanes of at least 4 members (excludes halogenated alkanes) is 1. The highest BCUT2D eigenvalue weighted by atomic mass is 19.1. The summed E-state index contributed by atoms with van der Waals surface area (Å²) in [6, 6.07) is 5.61. The van der Waals surface area contributed by atoms with Crippen molar-refractivity contribution in [1.82, 2.24) is 10.2 Å². The Balaban J connectivity index is 1.68. The van der Waals surface area contributed by atoms with Crippen molar-refractivity contribution in [2.75, 3.05) is 19.6 Å². The molecule has 0 unspecified atom stereocenters. The summed E-state index contributed by atoms with van der Waals surface area (Å²) in [7, 11) is 0. The fraction of sp³-hybridized carbons (Fsp3) is 0.630. The Labute approximate surface area is 184 Å². The molecular formula is C27H43FN2. The standard InChI is InChI=1S/C27H43FN2/c1-7-16-29-22(3)25-13-12-24(19-26(25)28)11-9-8-10-23-14-17-30(18-15-23)21(2)20-27(4,5)6/h12-13,19,23,29H,2-3,7-11,14-18,20H2,1,4-6H3. The minimum absolute atomic E-state index is 0.163. The maximum atomic E-state index is 14.4. The van der Waals surface area contributed by atoms with Gasteiger partial charge in [0, 0.05) is 36.6 Å². The molecule has 0 spiro atoms. The third-order valence-corrected chi connectivity index (χ3v) is 6.07. The van der Waals surface area contributed by atoms with Gasteiger partial charge in [-0.05, 0) is 67.6 Å². The van der Waals surface area contributed by atoms with Crippen LogP contribution in [-0.4, -0.2) is 24.5 Å². The van der Waals surface area contributed by atoms with Gasteiger partial charge >= 0.3 is 0 Å². The monoisotopic (exact) mass is 414 g/mol. The van der Waals surface area contributed by atoms with Gasteiger partial charge < -0.3 is 10.2 Å². The summed E-state index contributed by atoms with van der Waals surface area (Å²) in [6.07, 6.45) is 9.23. The second-order valence-electron chi connectivity index (χ2n) is 10.2. The van der Waals surface area contributed by atoms with Crippen molar-refractivity contribution in [2.24, 2.45) is 11.3 Å². The van der Waals surface area contributed by atoms with Crippen molar-refractivity contribution in [3.05, 3.63) is 54.0 Å². The van der Waals surface area contributed by atoms with Crippen molar-refractivity contribution in [1.29, 1.82) is 0 Å². The average Bonchev–Trinajstić information content (AvgIpc) is 2.68. The van der Waals surface area contributed by atoms with Gasteiger partial charge in [0.25, 0.3) is 0 Å². The first kappa shape index (κ1) is 24.5. The highest BCUT2D eigenvalue weighted by Crippen LogP contribution is 2.30. The number of benzene rings is 1. The van der Waals surface area contributed by atoms with Crippen LogP contribution in [0.4, 0.5) is 4.39 Å². The lowest BCUT2D eigenvalue weighted by atomic mass is 9.88. The van der Waals surface area contributed by atoms with E-state index < -0.39 is 0 Å². The summed E-state index contributed by atoms with van der Waals surface area (Å²) in [4.78, 5) is 2.50. The predicted molar refractivity (Wildman–Crippen MR) is 129 cm³/mol. The molecule has 1 aromatic carbocycles. The second-order valence-corrected chi connectivity index (χ2v) is 10.2. The summed E-state index contributed by atoms with van der Waals surface area (Å²) in [5.41, 5.74) is 3.97. The van der Waals surface area contributed by atoms with Crippen LogP contribution >= 0.6 is 0 Å². The summed E-state index contributed by atoms with van der Waals surface area (Å²) >= 11 is 0. The van der Waals surface area contributed by atoms with Gasteiger partial charge in [-0.3, -0.25) is 0 Å². The third-order valence-electron chi connectivity index (χ3n) is 6.07. The molecule has 1 aromatic rings. The van der Waals surface area contributed by atoms with Crippen LogP contribution in [0.15, 0.2) is 37.1 Å². The lowest BCUT2D eigenvalue weighted by Gasteiger charge is -2.36. The smallest absolute Gasteiger partial charge is 0.132 e. The first-order valence-corrected chi connectivity index (χ1v) is 11.8. The topological polar surface area (TPSA) is 15.3 Å². The fourth-order valence-electron chi connectivity index (χ4n) is 4.35. The number of hydrogen-bond acceptors (Lipinski definition) is 2. The van der Waals surface area contributed by atoms with E-state index in [0.717, 1.165) is 56.8 Å². The average molecular weight is 415 g/mol. The van der Waals surface area contributed by atoms with E-state index in [1.165, 1.54) is 31.4 Å². The lowest BCUT2D eigenvalue weighted by Crippen LogP contribution is -2.34. The molecule has 1 N–H and O–H groups in total. The van der Waals surface area contributed by atoms with E-state index >= 15 is 0 Å². The first-order valence-electron chi connectivity index (χ1n) is 11.8. The number of likely N-dealkylation sites (tertiary alicyclic amines) is 1. The molecule has 0 amide bonds. The molecule has 0 saturated carbocycles. The van der Waals surface area contributed by atoms with E-state index in [1.807, 2.05) is 6.07 Å². The van der Waals surface area contributed by atoms with Crippen molar-refractivity contribution < 1.29 is 4.39 Å². The van der Waals surface area contributed by atoms with Crippen LogP contribution in [0.1, 0.15) is 83.8 Å². The van der Waals surface area contributed by atoms with E-state index in [4.69, 9.17) is 0 Å². The van der Waals surface area contributed by atoms with Crippen molar-refractivity contribution in [3.63, 3.8) is 0 Å². The van der Waals surface area contributed by atoms with Crippen LogP contribution in [-0.2, 0) is 6.42 Å². The second kappa shape index (κ2) is 11.6. The molecule has 1 aliphatic rings. The molecule has 168 valence electrons. The maximum Gasteiger partial charge on any atom is 0.132 e. The molecule has 3 heteroatoms. The van der Waals surface area contributed by atoms with Crippen molar-refractivity contribution >= 4 is 5.70 Å². The largest absolute Gasteiger partial charge is 0.385 e. The number of nitrogens with one attached hydrogen (secondary N) is 1. The van der Waals surface area contributed by atoms with E-state index in [9.17, 15) is 4.39 Å². The zero-order valence-corrected chi connectivity index (χ0v) is 19.8. The van der Waals surface area contributed by atoms with Gasteiger partial charge in [0.1, 0.15) is 5.82 Å². The molecule has 1 saturated heterocycles. The summed E-state index contributed by atoms with van der Waals surface area (Å²) in [5.74, 6) is 0.666. The molecule has 1 fully saturated rings. The van der Waals surface area contributed by atoms with Crippen LogP contribution in [0.3, 0.4) is 0 Å². The maximum absolute atomic E-state index is 14.4. The Morgan fingerprint density at radius 3 is 2.47 bits per heavy atom. The van der Waals surface area contributed by atoms with Gasteiger partial charge in [-0.2, -0.15) is 0 Å². The van der Waals surface area contributed by atoms with Gasteiger partial charge in [-0.25, -0.2) is 4.39 Å². The molecule has 2 nitrogen and oxygen atoms in total. The number of nitrogens with zero attached hydrogens (tertiary/aromatic N) is 1. The Morgan fingerprint density at radius 1 is 1.17 bits per heavy atom. The van der Waals surface area contributed by atoms with Crippen molar-refractivity contribution in [3.8, 4) is 0 Å². The third kappa shape index (κ3) is 8.16. The molecule has 0 aliphatic carbocycles. The Kier molecular flexibility index (Phi) is 9.45. The van der Waals surface area contributed by atoms with Crippen molar-refractivity contribution in [2.45, 2.75) is 79.1 Å². The highest BCUT2D eigenvalue weighted by molar-refractivity contribution is 5.62. The molecule has 0 atom stereocenters.